The van der Waals surface area contributed by atoms with Gasteiger partial charge in [0, 0.05) is 6.42 Å². The summed E-state index contributed by atoms with van der Waals surface area (Å²) < 4.78 is 36.9. The summed E-state index contributed by atoms with van der Waals surface area (Å²) in [4.78, 5) is 10.3. The van der Waals surface area contributed by atoms with Gasteiger partial charge < -0.3 is 10.2 Å². The number of aliphatic carboxylic acids is 1. The first kappa shape index (κ1) is 14.5. The molecule has 0 heterocycles. The van der Waals surface area contributed by atoms with E-state index in [0.29, 0.717) is 5.56 Å². The smallest absolute Gasteiger partial charge is 0.416 e. The van der Waals surface area contributed by atoms with Crippen molar-refractivity contribution in [3.05, 3.63) is 35.4 Å². The number of carboxylic acid groups (broad SMARTS) is 1. The molecule has 100 valence electrons. The van der Waals surface area contributed by atoms with Gasteiger partial charge in [0.15, 0.2) is 0 Å². The Hall–Kier alpha value is -1.56. The fourth-order valence-electron chi connectivity index (χ4n) is 1.51. The second kappa shape index (κ2) is 5.86. The summed E-state index contributed by atoms with van der Waals surface area (Å²) in [5, 5.41) is 18.1. The largest absolute Gasteiger partial charge is 0.481 e. The molecule has 3 nitrogen and oxygen atoms in total. The van der Waals surface area contributed by atoms with Crippen LogP contribution >= 0.6 is 0 Å². The van der Waals surface area contributed by atoms with Crippen LogP contribution in [0.1, 0.15) is 36.5 Å². The maximum absolute atomic E-state index is 12.3. The fraction of sp³-hybridized carbons (Fsp3) is 0.417. The number of benzene rings is 1. The number of hydrogen-bond acceptors (Lipinski definition) is 2. The molecule has 18 heavy (non-hydrogen) atoms. The zero-order valence-electron chi connectivity index (χ0n) is 9.44. The van der Waals surface area contributed by atoms with Crippen LogP contribution in [0.4, 0.5) is 13.2 Å². The summed E-state index contributed by atoms with van der Waals surface area (Å²) in [7, 11) is 0. The molecule has 0 saturated carbocycles. The van der Waals surface area contributed by atoms with Gasteiger partial charge in [0.05, 0.1) is 11.7 Å². The van der Waals surface area contributed by atoms with Crippen molar-refractivity contribution in [3.63, 3.8) is 0 Å². The van der Waals surface area contributed by atoms with E-state index in [1.54, 1.807) is 0 Å². The van der Waals surface area contributed by atoms with Gasteiger partial charge in [-0.25, -0.2) is 0 Å². The Labute approximate surface area is 102 Å². The van der Waals surface area contributed by atoms with E-state index in [1.807, 2.05) is 0 Å². The minimum atomic E-state index is -4.40. The van der Waals surface area contributed by atoms with Crippen molar-refractivity contribution in [2.24, 2.45) is 0 Å². The molecule has 0 amide bonds. The third-order valence-corrected chi connectivity index (χ3v) is 2.49. The summed E-state index contributed by atoms with van der Waals surface area (Å²) in [5.74, 6) is -0.963. The molecule has 0 radical (unpaired) electrons. The van der Waals surface area contributed by atoms with Gasteiger partial charge in [0.2, 0.25) is 0 Å². The lowest BCUT2D eigenvalue weighted by molar-refractivity contribution is -0.138. The van der Waals surface area contributed by atoms with Crippen molar-refractivity contribution in [2.45, 2.75) is 31.5 Å². The van der Waals surface area contributed by atoms with E-state index in [0.717, 1.165) is 12.1 Å². The average Bonchev–Trinajstić information content (AvgIpc) is 2.27. The molecule has 0 aromatic heterocycles. The fourth-order valence-corrected chi connectivity index (χ4v) is 1.51. The molecular formula is C12H13F3O3. The van der Waals surface area contributed by atoms with E-state index in [4.69, 9.17) is 5.11 Å². The van der Waals surface area contributed by atoms with Crippen LogP contribution in [-0.4, -0.2) is 16.2 Å². The van der Waals surface area contributed by atoms with E-state index in [-0.39, 0.29) is 19.3 Å². The van der Waals surface area contributed by atoms with Crippen molar-refractivity contribution < 1.29 is 28.2 Å². The summed E-state index contributed by atoms with van der Waals surface area (Å²) >= 11 is 0. The number of hydrogen-bond donors (Lipinski definition) is 2. The molecule has 0 bridgehead atoms. The monoisotopic (exact) mass is 262 g/mol. The summed E-state index contributed by atoms with van der Waals surface area (Å²) in [6.07, 6.45) is -4.92. The Kier molecular flexibility index (Phi) is 4.72. The van der Waals surface area contributed by atoms with Crippen LogP contribution in [0.5, 0.6) is 0 Å². The first-order valence-electron chi connectivity index (χ1n) is 5.37. The van der Waals surface area contributed by atoms with Crippen LogP contribution in [0.3, 0.4) is 0 Å². The van der Waals surface area contributed by atoms with E-state index >= 15 is 0 Å². The third-order valence-electron chi connectivity index (χ3n) is 2.49. The van der Waals surface area contributed by atoms with E-state index in [1.165, 1.54) is 12.1 Å². The highest BCUT2D eigenvalue weighted by Gasteiger charge is 2.30. The average molecular weight is 262 g/mol. The van der Waals surface area contributed by atoms with Gasteiger partial charge >= 0.3 is 12.1 Å². The van der Waals surface area contributed by atoms with Crippen molar-refractivity contribution >= 4 is 5.97 Å². The maximum atomic E-state index is 12.3. The summed E-state index contributed by atoms with van der Waals surface area (Å²) in [5.41, 5.74) is -0.419. The van der Waals surface area contributed by atoms with Crippen LogP contribution in [0, 0.1) is 0 Å². The van der Waals surface area contributed by atoms with Crippen LogP contribution in [0.15, 0.2) is 24.3 Å². The van der Waals surface area contributed by atoms with Crippen LogP contribution < -0.4 is 0 Å². The number of aliphatic hydroxyl groups excluding tert-OH is 1. The number of carbonyl (C=O) groups is 1. The Morgan fingerprint density at radius 1 is 1.22 bits per heavy atom. The highest BCUT2D eigenvalue weighted by atomic mass is 19.4. The summed E-state index contributed by atoms with van der Waals surface area (Å²) in [6.45, 7) is 0. The lowest BCUT2D eigenvalue weighted by atomic mass is 10.0. The third kappa shape index (κ3) is 4.37. The lowest BCUT2D eigenvalue weighted by Gasteiger charge is -2.12. The second-order valence-electron chi connectivity index (χ2n) is 3.92. The molecule has 0 aliphatic heterocycles. The van der Waals surface area contributed by atoms with Gasteiger partial charge in [-0.2, -0.15) is 13.2 Å². The molecule has 0 saturated heterocycles. The standard InChI is InChI=1S/C12H13F3O3/c13-12(14,15)9-6-4-8(5-7-9)10(16)2-1-3-11(17)18/h4-7,10,16H,1-3H2,(H,17,18). The Morgan fingerprint density at radius 2 is 1.78 bits per heavy atom. The molecule has 1 unspecified atom stereocenters. The maximum Gasteiger partial charge on any atom is 0.416 e. The van der Waals surface area contributed by atoms with Crippen molar-refractivity contribution in [2.75, 3.05) is 0 Å². The van der Waals surface area contributed by atoms with E-state index in [9.17, 15) is 23.1 Å². The van der Waals surface area contributed by atoms with Gasteiger partial charge in [-0.3, -0.25) is 4.79 Å². The molecule has 1 aromatic carbocycles. The first-order chi connectivity index (χ1) is 8.30. The quantitative estimate of drug-likeness (QED) is 0.857. The number of carboxylic acids is 1. The first-order valence-corrected chi connectivity index (χ1v) is 5.37. The van der Waals surface area contributed by atoms with Gasteiger partial charge in [-0.1, -0.05) is 12.1 Å². The lowest BCUT2D eigenvalue weighted by Crippen LogP contribution is -2.06. The molecule has 1 aromatic rings. The minimum absolute atomic E-state index is 0.0717. The van der Waals surface area contributed by atoms with Gasteiger partial charge in [0.25, 0.3) is 0 Å². The van der Waals surface area contributed by atoms with Gasteiger partial charge in [0.1, 0.15) is 0 Å². The highest BCUT2D eigenvalue weighted by Crippen LogP contribution is 2.30. The molecule has 6 heteroatoms. The number of halogens is 3. The molecule has 1 atom stereocenters. The van der Waals surface area contributed by atoms with Crippen LogP contribution in [0.25, 0.3) is 0 Å². The van der Waals surface area contributed by atoms with Gasteiger partial charge in [-0.05, 0) is 30.5 Å². The predicted octanol–water partition coefficient (Wildman–Crippen LogP) is 2.99. The molecule has 0 fully saturated rings. The van der Waals surface area contributed by atoms with Crippen LogP contribution in [0.2, 0.25) is 0 Å². The Bertz CT molecular complexity index is 398. The molecule has 2 N–H and O–H groups in total. The molecular weight excluding hydrogens is 249 g/mol. The Morgan fingerprint density at radius 3 is 2.22 bits per heavy atom. The zero-order valence-corrected chi connectivity index (χ0v) is 9.44. The number of alkyl halides is 3. The summed E-state index contributed by atoms with van der Waals surface area (Å²) in [6, 6.07) is 4.20. The van der Waals surface area contributed by atoms with E-state index < -0.39 is 23.8 Å². The molecule has 1 rings (SSSR count). The number of aliphatic hydroxyl groups is 1. The van der Waals surface area contributed by atoms with Crippen molar-refractivity contribution in [1.82, 2.24) is 0 Å². The normalized spacial score (nSPS) is 13.3. The predicted molar refractivity (Wildman–Crippen MR) is 57.9 cm³/mol. The van der Waals surface area contributed by atoms with Crippen molar-refractivity contribution in [1.29, 1.82) is 0 Å². The van der Waals surface area contributed by atoms with Crippen molar-refractivity contribution in [3.8, 4) is 0 Å². The van der Waals surface area contributed by atoms with Gasteiger partial charge in [-0.15, -0.1) is 0 Å². The molecule has 0 spiro atoms. The highest BCUT2D eigenvalue weighted by molar-refractivity contribution is 5.66. The minimum Gasteiger partial charge on any atom is -0.481 e. The Balaban J connectivity index is 2.59. The topological polar surface area (TPSA) is 57.5 Å². The molecule has 0 aliphatic rings. The zero-order chi connectivity index (χ0) is 13.8. The van der Waals surface area contributed by atoms with E-state index in [2.05, 4.69) is 0 Å². The number of rotatable bonds is 5. The molecule has 0 aliphatic carbocycles. The SMILES string of the molecule is O=C(O)CCCC(O)c1ccc(C(F)(F)F)cc1. The van der Waals surface area contributed by atoms with Crippen LogP contribution in [-0.2, 0) is 11.0 Å². The second-order valence-corrected chi connectivity index (χ2v) is 3.92.